The highest BCUT2D eigenvalue weighted by atomic mass is 16.5. The number of benzene rings is 2. The second kappa shape index (κ2) is 7.50. The molecule has 0 saturated heterocycles. The quantitative estimate of drug-likeness (QED) is 0.825. The molecule has 0 heterocycles. The second-order valence-electron chi connectivity index (χ2n) is 5.31. The number of hydrogen-bond donors (Lipinski definition) is 2. The van der Waals surface area contributed by atoms with Crippen LogP contribution < -0.4 is 15.4 Å². The second-order valence-corrected chi connectivity index (χ2v) is 5.31. The molecule has 0 fully saturated rings. The summed E-state index contributed by atoms with van der Waals surface area (Å²) in [5, 5.41) is 5.67. The molecule has 0 unspecified atom stereocenters. The van der Waals surface area contributed by atoms with Crippen molar-refractivity contribution >= 4 is 11.7 Å². The van der Waals surface area contributed by atoms with Gasteiger partial charge in [-0.3, -0.25) is 0 Å². The predicted molar refractivity (Wildman–Crippen MR) is 89.6 cm³/mol. The van der Waals surface area contributed by atoms with Gasteiger partial charge in [0, 0.05) is 5.69 Å². The highest BCUT2D eigenvalue weighted by Crippen LogP contribution is 2.19. The number of rotatable bonds is 5. The SMILES string of the molecule is Cc1ccc(OCCNC(=O)Nc2c(C)cccc2C)cc1. The molecule has 0 radical (unpaired) electrons. The monoisotopic (exact) mass is 298 g/mol. The van der Waals surface area contributed by atoms with Crippen molar-refractivity contribution in [3.63, 3.8) is 0 Å². The molecule has 0 aliphatic carbocycles. The van der Waals surface area contributed by atoms with E-state index in [2.05, 4.69) is 10.6 Å². The van der Waals surface area contributed by atoms with Crippen LogP contribution in [-0.4, -0.2) is 19.2 Å². The highest BCUT2D eigenvalue weighted by molar-refractivity contribution is 5.90. The third kappa shape index (κ3) is 4.52. The summed E-state index contributed by atoms with van der Waals surface area (Å²) >= 11 is 0. The molecule has 2 amide bonds. The van der Waals surface area contributed by atoms with Crippen LogP contribution in [0.5, 0.6) is 5.75 Å². The largest absolute Gasteiger partial charge is 0.492 e. The average molecular weight is 298 g/mol. The Morgan fingerprint density at radius 3 is 2.27 bits per heavy atom. The lowest BCUT2D eigenvalue weighted by Crippen LogP contribution is -2.32. The van der Waals surface area contributed by atoms with Crippen LogP contribution in [0.15, 0.2) is 42.5 Å². The standard InChI is InChI=1S/C18H22N2O2/c1-13-7-9-16(10-8-13)22-12-11-19-18(21)20-17-14(2)5-4-6-15(17)3/h4-10H,11-12H2,1-3H3,(H2,19,20,21). The molecule has 0 aromatic heterocycles. The number of amides is 2. The van der Waals surface area contributed by atoms with E-state index in [0.29, 0.717) is 13.2 Å². The first-order valence-corrected chi connectivity index (χ1v) is 7.37. The number of hydrogen-bond acceptors (Lipinski definition) is 2. The fourth-order valence-electron chi connectivity index (χ4n) is 2.14. The van der Waals surface area contributed by atoms with Gasteiger partial charge in [0.2, 0.25) is 0 Å². The van der Waals surface area contributed by atoms with E-state index in [1.165, 1.54) is 5.56 Å². The van der Waals surface area contributed by atoms with Gasteiger partial charge in [-0.15, -0.1) is 0 Å². The smallest absolute Gasteiger partial charge is 0.319 e. The molecule has 22 heavy (non-hydrogen) atoms. The number of carbonyl (C=O) groups is 1. The Morgan fingerprint density at radius 2 is 1.64 bits per heavy atom. The Balaban J connectivity index is 1.75. The number of ether oxygens (including phenoxy) is 1. The molecule has 0 bridgehead atoms. The van der Waals surface area contributed by atoms with E-state index in [-0.39, 0.29) is 6.03 Å². The Hall–Kier alpha value is -2.49. The van der Waals surface area contributed by atoms with Gasteiger partial charge in [0.05, 0.1) is 6.54 Å². The molecule has 4 nitrogen and oxygen atoms in total. The predicted octanol–water partition coefficient (Wildman–Crippen LogP) is 3.81. The summed E-state index contributed by atoms with van der Waals surface area (Å²) in [5.41, 5.74) is 4.15. The molecule has 0 aliphatic heterocycles. The topological polar surface area (TPSA) is 50.4 Å². The van der Waals surface area contributed by atoms with Crippen molar-refractivity contribution in [1.82, 2.24) is 5.32 Å². The third-order valence-electron chi connectivity index (χ3n) is 3.40. The molecular weight excluding hydrogens is 276 g/mol. The molecule has 2 aromatic rings. The van der Waals surface area contributed by atoms with Crippen molar-refractivity contribution in [3.8, 4) is 5.75 Å². The Kier molecular flexibility index (Phi) is 5.42. The van der Waals surface area contributed by atoms with Gasteiger partial charge in [-0.2, -0.15) is 0 Å². The zero-order valence-corrected chi connectivity index (χ0v) is 13.3. The fourth-order valence-corrected chi connectivity index (χ4v) is 2.14. The van der Waals surface area contributed by atoms with Gasteiger partial charge in [0.25, 0.3) is 0 Å². The maximum atomic E-state index is 11.9. The van der Waals surface area contributed by atoms with E-state index in [4.69, 9.17) is 4.74 Å². The van der Waals surface area contributed by atoms with Crippen molar-refractivity contribution in [2.75, 3.05) is 18.5 Å². The Morgan fingerprint density at radius 1 is 1.00 bits per heavy atom. The van der Waals surface area contributed by atoms with E-state index < -0.39 is 0 Å². The molecule has 116 valence electrons. The summed E-state index contributed by atoms with van der Waals surface area (Å²) in [4.78, 5) is 11.9. The molecule has 0 aliphatic rings. The summed E-state index contributed by atoms with van der Waals surface area (Å²) in [5.74, 6) is 0.808. The maximum Gasteiger partial charge on any atom is 0.319 e. The fraction of sp³-hybridized carbons (Fsp3) is 0.278. The minimum Gasteiger partial charge on any atom is -0.492 e. The molecule has 4 heteroatoms. The number of aryl methyl sites for hydroxylation is 3. The highest BCUT2D eigenvalue weighted by Gasteiger charge is 2.06. The van der Waals surface area contributed by atoms with Gasteiger partial charge in [-0.1, -0.05) is 35.9 Å². The lowest BCUT2D eigenvalue weighted by molar-refractivity contribution is 0.247. The first-order valence-electron chi connectivity index (χ1n) is 7.37. The van der Waals surface area contributed by atoms with E-state index in [1.807, 2.05) is 63.2 Å². The number of nitrogens with one attached hydrogen (secondary N) is 2. The van der Waals surface area contributed by atoms with Crippen LogP contribution >= 0.6 is 0 Å². The van der Waals surface area contributed by atoms with E-state index >= 15 is 0 Å². The average Bonchev–Trinajstić information content (AvgIpc) is 2.49. The van der Waals surface area contributed by atoms with E-state index in [0.717, 1.165) is 22.6 Å². The minimum atomic E-state index is -0.218. The van der Waals surface area contributed by atoms with Gasteiger partial charge >= 0.3 is 6.03 Å². The molecular formula is C18H22N2O2. The maximum absolute atomic E-state index is 11.9. The van der Waals surface area contributed by atoms with Crippen LogP contribution in [0.1, 0.15) is 16.7 Å². The number of para-hydroxylation sites is 1. The summed E-state index contributed by atoms with van der Waals surface area (Å²) in [6, 6.07) is 13.5. The molecule has 0 spiro atoms. The van der Waals surface area contributed by atoms with Crippen molar-refractivity contribution in [1.29, 1.82) is 0 Å². The normalized spacial score (nSPS) is 10.1. The van der Waals surface area contributed by atoms with Crippen LogP contribution in [0.2, 0.25) is 0 Å². The molecule has 0 atom stereocenters. The van der Waals surface area contributed by atoms with Gasteiger partial charge in [-0.25, -0.2) is 4.79 Å². The summed E-state index contributed by atoms with van der Waals surface area (Å²) < 4.78 is 5.57. The lowest BCUT2D eigenvalue weighted by Gasteiger charge is -2.12. The third-order valence-corrected chi connectivity index (χ3v) is 3.40. The van der Waals surface area contributed by atoms with Crippen LogP contribution in [0.3, 0.4) is 0 Å². The van der Waals surface area contributed by atoms with Gasteiger partial charge < -0.3 is 15.4 Å². The van der Waals surface area contributed by atoms with Crippen molar-refractivity contribution < 1.29 is 9.53 Å². The Bertz CT molecular complexity index is 616. The van der Waals surface area contributed by atoms with Gasteiger partial charge in [0.1, 0.15) is 12.4 Å². The zero-order chi connectivity index (χ0) is 15.9. The Labute approximate surface area is 131 Å². The van der Waals surface area contributed by atoms with Crippen molar-refractivity contribution in [2.45, 2.75) is 20.8 Å². The van der Waals surface area contributed by atoms with Gasteiger partial charge in [0.15, 0.2) is 0 Å². The van der Waals surface area contributed by atoms with Crippen LogP contribution in [0.25, 0.3) is 0 Å². The molecule has 2 aromatic carbocycles. The van der Waals surface area contributed by atoms with E-state index in [9.17, 15) is 4.79 Å². The number of carbonyl (C=O) groups excluding carboxylic acids is 1. The summed E-state index contributed by atoms with van der Waals surface area (Å²) in [6.45, 7) is 6.86. The van der Waals surface area contributed by atoms with Crippen LogP contribution in [0.4, 0.5) is 10.5 Å². The molecule has 2 N–H and O–H groups in total. The molecule has 2 rings (SSSR count). The zero-order valence-electron chi connectivity index (χ0n) is 13.3. The number of urea groups is 1. The van der Waals surface area contributed by atoms with E-state index in [1.54, 1.807) is 0 Å². The first-order chi connectivity index (χ1) is 10.6. The number of anilines is 1. The van der Waals surface area contributed by atoms with Crippen LogP contribution in [-0.2, 0) is 0 Å². The molecule has 0 saturated carbocycles. The van der Waals surface area contributed by atoms with Gasteiger partial charge in [-0.05, 0) is 44.0 Å². The van der Waals surface area contributed by atoms with Crippen molar-refractivity contribution in [3.05, 3.63) is 59.2 Å². The van der Waals surface area contributed by atoms with Crippen molar-refractivity contribution in [2.24, 2.45) is 0 Å². The van der Waals surface area contributed by atoms with Crippen LogP contribution in [0, 0.1) is 20.8 Å². The minimum absolute atomic E-state index is 0.218. The lowest BCUT2D eigenvalue weighted by atomic mass is 10.1. The summed E-state index contributed by atoms with van der Waals surface area (Å²) in [7, 11) is 0. The summed E-state index contributed by atoms with van der Waals surface area (Å²) in [6.07, 6.45) is 0. The first kappa shape index (κ1) is 15.9.